The lowest BCUT2D eigenvalue weighted by atomic mass is 10.3. The first-order valence-corrected chi connectivity index (χ1v) is 7.23. The summed E-state index contributed by atoms with van der Waals surface area (Å²) in [7, 11) is 1.61. The van der Waals surface area contributed by atoms with Crippen LogP contribution in [0.25, 0.3) is 0 Å². The van der Waals surface area contributed by atoms with Crippen LogP contribution in [0.15, 0.2) is 24.3 Å². The van der Waals surface area contributed by atoms with E-state index in [4.69, 9.17) is 14.2 Å². The van der Waals surface area contributed by atoms with Crippen molar-refractivity contribution < 1.29 is 23.9 Å². The number of hydrogen-bond acceptors (Lipinski definition) is 4. The second-order valence-corrected chi connectivity index (χ2v) is 4.93. The molecule has 0 saturated carbocycles. The molecular formula is C15H23N2O4+. The molecule has 116 valence electrons. The predicted molar refractivity (Wildman–Crippen MR) is 77.9 cm³/mol. The molecule has 21 heavy (non-hydrogen) atoms. The van der Waals surface area contributed by atoms with Crippen molar-refractivity contribution in [1.82, 2.24) is 5.32 Å². The lowest BCUT2D eigenvalue weighted by Crippen LogP contribution is -3.14. The molecule has 1 aromatic carbocycles. The Labute approximate surface area is 125 Å². The maximum Gasteiger partial charge on any atom is 0.258 e. The number of benzene rings is 1. The summed E-state index contributed by atoms with van der Waals surface area (Å²) in [4.78, 5) is 13.2. The van der Waals surface area contributed by atoms with Crippen molar-refractivity contribution in [3.05, 3.63) is 24.3 Å². The Kier molecular flexibility index (Phi) is 6.30. The van der Waals surface area contributed by atoms with Gasteiger partial charge in [0.05, 0.1) is 33.4 Å². The molecule has 1 aromatic rings. The van der Waals surface area contributed by atoms with Gasteiger partial charge in [0.15, 0.2) is 6.61 Å². The summed E-state index contributed by atoms with van der Waals surface area (Å²) in [5.74, 6) is 1.32. The highest BCUT2D eigenvalue weighted by Crippen LogP contribution is 2.16. The van der Waals surface area contributed by atoms with E-state index in [9.17, 15) is 4.79 Å². The van der Waals surface area contributed by atoms with Gasteiger partial charge in [-0.1, -0.05) is 0 Å². The Morgan fingerprint density at radius 3 is 2.57 bits per heavy atom. The summed E-state index contributed by atoms with van der Waals surface area (Å²) in [6, 6.07) is 7.16. The zero-order chi connectivity index (χ0) is 14.9. The van der Waals surface area contributed by atoms with Crippen LogP contribution in [0.4, 0.5) is 0 Å². The molecule has 0 bridgehead atoms. The fourth-order valence-corrected chi connectivity index (χ4v) is 2.16. The van der Waals surface area contributed by atoms with E-state index >= 15 is 0 Å². The summed E-state index contributed by atoms with van der Waals surface area (Å²) < 4.78 is 15.8. The van der Waals surface area contributed by atoms with Gasteiger partial charge >= 0.3 is 0 Å². The van der Waals surface area contributed by atoms with Crippen LogP contribution < -0.4 is 19.7 Å². The van der Waals surface area contributed by atoms with E-state index in [-0.39, 0.29) is 12.5 Å². The van der Waals surface area contributed by atoms with Crippen molar-refractivity contribution in [2.45, 2.75) is 0 Å². The van der Waals surface area contributed by atoms with Gasteiger partial charge in [-0.25, -0.2) is 0 Å². The Balaban J connectivity index is 1.60. The summed E-state index contributed by atoms with van der Waals surface area (Å²) >= 11 is 0. The molecule has 1 amide bonds. The molecule has 0 atom stereocenters. The topological polar surface area (TPSA) is 61.2 Å². The van der Waals surface area contributed by atoms with Crippen molar-refractivity contribution in [1.29, 1.82) is 0 Å². The van der Waals surface area contributed by atoms with Crippen molar-refractivity contribution in [2.75, 3.05) is 53.1 Å². The van der Waals surface area contributed by atoms with Gasteiger partial charge < -0.3 is 24.4 Å². The molecule has 6 nitrogen and oxygen atoms in total. The van der Waals surface area contributed by atoms with Crippen molar-refractivity contribution in [3.8, 4) is 11.5 Å². The zero-order valence-electron chi connectivity index (χ0n) is 12.4. The largest absolute Gasteiger partial charge is 0.497 e. The number of ether oxygens (including phenoxy) is 3. The van der Waals surface area contributed by atoms with E-state index in [1.165, 1.54) is 4.90 Å². The lowest BCUT2D eigenvalue weighted by molar-refractivity contribution is -0.906. The standard InChI is InChI=1S/C15H22N2O4/c1-19-13-2-4-14(5-3-13)21-12-15(18)16-6-7-17-8-10-20-11-9-17/h2-5H,6-12H2,1H3,(H,16,18)/p+1. The number of morpholine rings is 1. The normalized spacial score (nSPS) is 15.5. The predicted octanol–water partition coefficient (Wildman–Crippen LogP) is -0.895. The molecule has 1 aliphatic heterocycles. The van der Waals surface area contributed by atoms with Crippen molar-refractivity contribution >= 4 is 5.91 Å². The van der Waals surface area contributed by atoms with Gasteiger partial charge in [-0.05, 0) is 24.3 Å². The van der Waals surface area contributed by atoms with Crippen LogP contribution in [0.3, 0.4) is 0 Å². The quantitative estimate of drug-likeness (QED) is 0.685. The van der Waals surface area contributed by atoms with Gasteiger partial charge in [-0.15, -0.1) is 0 Å². The molecule has 0 aliphatic carbocycles. The molecule has 0 unspecified atom stereocenters. The molecule has 6 heteroatoms. The third-order valence-corrected chi connectivity index (χ3v) is 3.43. The van der Waals surface area contributed by atoms with E-state index in [0.29, 0.717) is 12.3 Å². The van der Waals surface area contributed by atoms with Crippen molar-refractivity contribution in [2.24, 2.45) is 0 Å². The molecule has 1 heterocycles. The maximum absolute atomic E-state index is 11.7. The second-order valence-electron chi connectivity index (χ2n) is 4.93. The Hall–Kier alpha value is -1.79. The second kappa shape index (κ2) is 8.49. The van der Waals surface area contributed by atoms with Gasteiger partial charge in [0.2, 0.25) is 0 Å². The van der Waals surface area contributed by atoms with Crippen LogP contribution in [0.1, 0.15) is 0 Å². The minimum Gasteiger partial charge on any atom is -0.497 e. The molecule has 1 saturated heterocycles. The highest BCUT2D eigenvalue weighted by molar-refractivity contribution is 5.77. The first-order valence-electron chi connectivity index (χ1n) is 7.23. The number of quaternary nitrogens is 1. The molecule has 2 N–H and O–H groups in total. The number of hydrogen-bond donors (Lipinski definition) is 2. The number of rotatable bonds is 7. The van der Waals surface area contributed by atoms with Crippen LogP contribution >= 0.6 is 0 Å². The molecule has 1 aliphatic rings. The fourth-order valence-electron chi connectivity index (χ4n) is 2.16. The SMILES string of the molecule is COc1ccc(OCC(=O)NCC[NH+]2CCOCC2)cc1. The molecule has 2 rings (SSSR count). The monoisotopic (exact) mass is 295 g/mol. The number of nitrogens with one attached hydrogen (secondary N) is 2. The van der Waals surface area contributed by atoms with Gasteiger partial charge in [0.1, 0.15) is 24.6 Å². The van der Waals surface area contributed by atoms with Crippen LogP contribution in [0.5, 0.6) is 11.5 Å². The van der Waals surface area contributed by atoms with Gasteiger partial charge in [0.25, 0.3) is 5.91 Å². The van der Waals surface area contributed by atoms with E-state index in [1.807, 2.05) is 0 Å². The minimum atomic E-state index is -0.0986. The third-order valence-electron chi connectivity index (χ3n) is 3.43. The Morgan fingerprint density at radius 2 is 1.90 bits per heavy atom. The third kappa shape index (κ3) is 5.61. The maximum atomic E-state index is 11.7. The highest BCUT2D eigenvalue weighted by Gasteiger charge is 2.13. The van der Waals surface area contributed by atoms with E-state index in [2.05, 4.69) is 5.32 Å². The molecule has 1 fully saturated rings. The number of methoxy groups -OCH3 is 1. The number of carbonyl (C=O) groups excluding carboxylic acids is 1. The Bertz CT molecular complexity index is 430. The molecule has 0 radical (unpaired) electrons. The van der Waals surface area contributed by atoms with Crippen LogP contribution in [0.2, 0.25) is 0 Å². The lowest BCUT2D eigenvalue weighted by Gasteiger charge is -2.23. The zero-order valence-corrected chi connectivity index (χ0v) is 12.4. The minimum absolute atomic E-state index is 0.0325. The first-order chi connectivity index (χ1) is 10.3. The van der Waals surface area contributed by atoms with Gasteiger partial charge in [-0.3, -0.25) is 4.79 Å². The summed E-state index contributed by atoms with van der Waals surface area (Å²) in [6.45, 7) is 5.27. The number of amides is 1. The average molecular weight is 295 g/mol. The molecule has 0 spiro atoms. The molecular weight excluding hydrogens is 272 g/mol. The van der Waals surface area contributed by atoms with Crippen molar-refractivity contribution in [3.63, 3.8) is 0 Å². The van der Waals surface area contributed by atoms with E-state index in [1.54, 1.807) is 31.4 Å². The van der Waals surface area contributed by atoms with E-state index < -0.39 is 0 Å². The Morgan fingerprint density at radius 1 is 1.24 bits per heavy atom. The summed E-state index contributed by atoms with van der Waals surface area (Å²) in [5, 5.41) is 2.87. The van der Waals surface area contributed by atoms with Crippen LogP contribution in [-0.2, 0) is 9.53 Å². The highest BCUT2D eigenvalue weighted by atomic mass is 16.5. The summed E-state index contributed by atoms with van der Waals surface area (Å²) in [5.41, 5.74) is 0. The summed E-state index contributed by atoms with van der Waals surface area (Å²) in [6.07, 6.45) is 0. The fraction of sp³-hybridized carbons (Fsp3) is 0.533. The van der Waals surface area contributed by atoms with E-state index in [0.717, 1.165) is 38.6 Å². The first kappa shape index (κ1) is 15.6. The smallest absolute Gasteiger partial charge is 0.258 e. The van der Waals surface area contributed by atoms with Crippen LogP contribution in [-0.4, -0.2) is 59.0 Å². The molecule has 0 aromatic heterocycles. The van der Waals surface area contributed by atoms with Crippen LogP contribution in [0, 0.1) is 0 Å². The van der Waals surface area contributed by atoms with Gasteiger partial charge in [-0.2, -0.15) is 0 Å². The van der Waals surface area contributed by atoms with Gasteiger partial charge in [0, 0.05) is 0 Å². The number of carbonyl (C=O) groups is 1. The average Bonchev–Trinajstić information content (AvgIpc) is 2.54.